The molecule has 0 saturated heterocycles. The minimum Gasteiger partial charge on any atom is -0.475 e. The lowest BCUT2D eigenvalue weighted by Crippen LogP contribution is -1.98. The van der Waals surface area contributed by atoms with E-state index < -0.39 is 17.6 Å². The summed E-state index contributed by atoms with van der Waals surface area (Å²) in [5, 5.41) is 8.61. The van der Waals surface area contributed by atoms with Gasteiger partial charge in [0.1, 0.15) is 11.6 Å². The summed E-state index contributed by atoms with van der Waals surface area (Å²) in [5.74, 6) is -2.84. The molecule has 82 valence electrons. The lowest BCUT2D eigenvalue weighted by atomic mass is 10.1. The van der Waals surface area contributed by atoms with Crippen LogP contribution in [0.25, 0.3) is 11.3 Å². The molecule has 1 aromatic heterocycles. The Bertz CT molecular complexity index is 552. The molecule has 16 heavy (non-hydrogen) atoms. The number of H-pyrrole nitrogens is 1. The summed E-state index contributed by atoms with van der Waals surface area (Å²) in [5.41, 5.74) is 0.0643. The molecule has 0 amide bonds. The number of carboxylic acid groups (broad SMARTS) is 1. The van der Waals surface area contributed by atoms with E-state index in [9.17, 15) is 13.6 Å². The summed E-state index contributed by atoms with van der Waals surface area (Å²) in [6.07, 6.45) is 1.14. The molecule has 0 radical (unpaired) electrons. The SMILES string of the molecule is O=C(O)c1ncc(-c2cc(F)ccc2F)[nH]1. The number of imidazole rings is 1. The Hall–Kier alpha value is -2.24. The largest absolute Gasteiger partial charge is 0.475 e. The molecule has 2 aromatic rings. The summed E-state index contributed by atoms with van der Waals surface area (Å²) in [6.45, 7) is 0. The van der Waals surface area contributed by atoms with Gasteiger partial charge in [0, 0.05) is 5.56 Å². The van der Waals surface area contributed by atoms with Gasteiger partial charge in [-0.25, -0.2) is 18.6 Å². The fourth-order valence-electron chi connectivity index (χ4n) is 1.27. The first kappa shape index (κ1) is 10.3. The van der Waals surface area contributed by atoms with Crippen LogP contribution in [0.1, 0.15) is 10.6 Å². The average Bonchev–Trinajstić information content (AvgIpc) is 2.70. The maximum Gasteiger partial charge on any atom is 0.371 e. The number of aromatic amines is 1. The molecule has 0 spiro atoms. The van der Waals surface area contributed by atoms with Crippen LogP contribution in [0.4, 0.5) is 8.78 Å². The van der Waals surface area contributed by atoms with E-state index in [1.807, 2.05) is 0 Å². The Morgan fingerprint density at radius 1 is 1.38 bits per heavy atom. The normalized spacial score (nSPS) is 10.4. The van der Waals surface area contributed by atoms with Crippen molar-refractivity contribution in [3.8, 4) is 11.3 Å². The molecule has 0 saturated carbocycles. The molecule has 6 heteroatoms. The molecule has 0 unspecified atom stereocenters. The van der Waals surface area contributed by atoms with Gasteiger partial charge in [-0.05, 0) is 18.2 Å². The predicted molar refractivity (Wildman–Crippen MR) is 50.9 cm³/mol. The first-order valence-electron chi connectivity index (χ1n) is 4.31. The van der Waals surface area contributed by atoms with Gasteiger partial charge >= 0.3 is 5.97 Å². The number of rotatable bonds is 2. The highest BCUT2D eigenvalue weighted by molar-refractivity contribution is 5.84. The Morgan fingerprint density at radius 3 is 2.75 bits per heavy atom. The van der Waals surface area contributed by atoms with Crippen molar-refractivity contribution in [3.63, 3.8) is 0 Å². The number of aromatic nitrogens is 2. The molecule has 4 nitrogen and oxygen atoms in total. The van der Waals surface area contributed by atoms with Crippen LogP contribution >= 0.6 is 0 Å². The van der Waals surface area contributed by atoms with E-state index in [0.717, 1.165) is 24.4 Å². The van der Waals surface area contributed by atoms with Crippen LogP contribution in [0.15, 0.2) is 24.4 Å². The summed E-state index contributed by atoms with van der Waals surface area (Å²) < 4.78 is 26.2. The van der Waals surface area contributed by atoms with Crippen LogP contribution in [0.3, 0.4) is 0 Å². The molecular weight excluding hydrogens is 218 g/mol. The topological polar surface area (TPSA) is 66.0 Å². The molecule has 0 bridgehead atoms. The van der Waals surface area contributed by atoms with Gasteiger partial charge in [0.2, 0.25) is 5.82 Å². The number of hydrogen-bond donors (Lipinski definition) is 2. The van der Waals surface area contributed by atoms with Crippen LogP contribution in [0.2, 0.25) is 0 Å². The molecule has 2 N–H and O–H groups in total. The standard InChI is InChI=1S/C10H6F2N2O2/c11-5-1-2-7(12)6(3-5)8-4-13-9(14-8)10(15)16/h1-4H,(H,13,14)(H,15,16). The Morgan fingerprint density at radius 2 is 2.12 bits per heavy atom. The Kier molecular flexibility index (Phi) is 2.40. The monoisotopic (exact) mass is 224 g/mol. The predicted octanol–water partition coefficient (Wildman–Crippen LogP) is 2.05. The minimum atomic E-state index is -1.26. The first-order valence-corrected chi connectivity index (χ1v) is 4.31. The van der Waals surface area contributed by atoms with Gasteiger partial charge in [-0.2, -0.15) is 0 Å². The number of benzene rings is 1. The van der Waals surface area contributed by atoms with E-state index in [2.05, 4.69) is 9.97 Å². The van der Waals surface area contributed by atoms with Gasteiger partial charge in [-0.3, -0.25) is 0 Å². The van der Waals surface area contributed by atoms with Gasteiger partial charge < -0.3 is 10.1 Å². The minimum absolute atomic E-state index is 0.0556. The zero-order chi connectivity index (χ0) is 11.7. The van der Waals surface area contributed by atoms with Crippen LogP contribution < -0.4 is 0 Å². The van der Waals surface area contributed by atoms with E-state index >= 15 is 0 Å². The maximum absolute atomic E-state index is 13.3. The highest BCUT2D eigenvalue weighted by atomic mass is 19.1. The van der Waals surface area contributed by atoms with E-state index in [4.69, 9.17) is 5.11 Å². The van der Waals surface area contributed by atoms with Gasteiger partial charge in [0.05, 0.1) is 11.9 Å². The van der Waals surface area contributed by atoms with Crippen molar-refractivity contribution in [2.75, 3.05) is 0 Å². The van der Waals surface area contributed by atoms with Crippen molar-refractivity contribution >= 4 is 5.97 Å². The van der Waals surface area contributed by atoms with Crippen LogP contribution in [-0.4, -0.2) is 21.0 Å². The van der Waals surface area contributed by atoms with E-state index in [1.54, 1.807) is 0 Å². The third-order valence-electron chi connectivity index (χ3n) is 2.00. The summed E-state index contributed by atoms with van der Waals surface area (Å²) in [7, 11) is 0. The molecule has 1 heterocycles. The smallest absolute Gasteiger partial charge is 0.371 e. The molecule has 0 aliphatic heterocycles. The van der Waals surface area contributed by atoms with Gasteiger partial charge in [0.25, 0.3) is 0 Å². The highest BCUT2D eigenvalue weighted by Crippen LogP contribution is 2.21. The average molecular weight is 224 g/mol. The number of carboxylic acids is 1. The van der Waals surface area contributed by atoms with Crippen molar-refractivity contribution in [1.82, 2.24) is 9.97 Å². The molecule has 0 atom stereocenters. The van der Waals surface area contributed by atoms with Crippen molar-refractivity contribution in [3.05, 3.63) is 41.9 Å². The molecule has 2 rings (SSSR count). The number of carbonyl (C=O) groups is 1. The quantitative estimate of drug-likeness (QED) is 0.820. The Labute approximate surface area is 88.6 Å². The van der Waals surface area contributed by atoms with E-state index in [0.29, 0.717) is 0 Å². The van der Waals surface area contributed by atoms with Gasteiger partial charge in [0.15, 0.2) is 0 Å². The van der Waals surface area contributed by atoms with Crippen molar-refractivity contribution < 1.29 is 18.7 Å². The van der Waals surface area contributed by atoms with Crippen LogP contribution in [0, 0.1) is 11.6 Å². The van der Waals surface area contributed by atoms with Gasteiger partial charge in [-0.15, -0.1) is 0 Å². The third-order valence-corrected chi connectivity index (χ3v) is 2.00. The second-order valence-corrected chi connectivity index (χ2v) is 3.07. The fraction of sp³-hybridized carbons (Fsp3) is 0. The second kappa shape index (κ2) is 3.73. The first-order chi connectivity index (χ1) is 7.58. The van der Waals surface area contributed by atoms with Crippen molar-refractivity contribution in [2.24, 2.45) is 0 Å². The fourth-order valence-corrected chi connectivity index (χ4v) is 1.27. The molecule has 0 aliphatic carbocycles. The summed E-state index contributed by atoms with van der Waals surface area (Å²) >= 11 is 0. The lowest BCUT2D eigenvalue weighted by molar-refractivity contribution is 0.0685. The molecular formula is C10H6F2N2O2. The molecule has 0 aliphatic rings. The van der Waals surface area contributed by atoms with Gasteiger partial charge in [-0.1, -0.05) is 0 Å². The zero-order valence-corrected chi connectivity index (χ0v) is 7.87. The number of nitrogens with one attached hydrogen (secondary N) is 1. The summed E-state index contributed by atoms with van der Waals surface area (Å²) in [4.78, 5) is 16.4. The highest BCUT2D eigenvalue weighted by Gasteiger charge is 2.12. The molecule has 0 fully saturated rings. The zero-order valence-electron chi connectivity index (χ0n) is 7.87. The number of halogens is 2. The number of hydrogen-bond acceptors (Lipinski definition) is 2. The third kappa shape index (κ3) is 1.77. The van der Waals surface area contributed by atoms with Crippen molar-refractivity contribution in [1.29, 1.82) is 0 Å². The second-order valence-electron chi connectivity index (χ2n) is 3.07. The molecule has 1 aromatic carbocycles. The number of nitrogens with zero attached hydrogens (tertiary/aromatic N) is 1. The lowest BCUT2D eigenvalue weighted by Gasteiger charge is -1.99. The number of aromatic carboxylic acids is 1. The van der Waals surface area contributed by atoms with E-state index in [1.165, 1.54) is 0 Å². The van der Waals surface area contributed by atoms with E-state index in [-0.39, 0.29) is 17.1 Å². The maximum atomic E-state index is 13.3. The van der Waals surface area contributed by atoms with Crippen molar-refractivity contribution in [2.45, 2.75) is 0 Å². The summed E-state index contributed by atoms with van der Waals surface area (Å²) in [6, 6.07) is 2.91. The Balaban J connectivity index is 2.50. The van der Waals surface area contributed by atoms with Crippen LogP contribution in [0.5, 0.6) is 0 Å². The van der Waals surface area contributed by atoms with Crippen LogP contribution in [-0.2, 0) is 0 Å².